The fourth-order valence-electron chi connectivity index (χ4n) is 2.44. The maximum atomic E-state index is 12.3. The van der Waals surface area contributed by atoms with Gasteiger partial charge in [0.1, 0.15) is 10.6 Å². The number of hydrogen-bond acceptors (Lipinski definition) is 5. The summed E-state index contributed by atoms with van der Waals surface area (Å²) in [5.41, 5.74) is 3.18. The van der Waals surface area contributed by atoms with E-state index in [-0.39, 0.29) is 6.54 Å². The number of halogens is 1. The highest BCUT2D eigenvalue weighted by molar-refractivity contribution is 7.21. The normalized spacial score (nSPS) is 10.9. The van der Waals surface area contributed by atoms with Crippen molar-refractivity contribution in [3.63, 3.8) is 0 Å². The topological polar surface area (TPSA) is 79.8 Å². The minimum absolute atomic E-state index is 0.204. The molecule has 0 aliphatic heterocycles. The lowest BCUT2D eigenvalue weighted by Crippen LogP contribution is -2.34. The number of carbonyl (C=O) groups excluding carboxylic acids is 2. The first kappa shape index (κ1) is 19.9. The third-order valence-electron chi connectivity index (χ3n) is 3.74. The van der Waals surface area contributed by atoms with Gasteiger partial charge in [0.25, 0.3) is 11.8 Å². The average Bonchev–Trinajstić information content (AvgIpc) is 3.05. The first-order chi connectivity index (χ1) is 13.6. The number of hydrazone groups is 1. The van der Waals surface area contributed by atoms with Crippen molar-refractivity contribution in [1.29, 1.82) is 0 Å². The average molecular weight is 416 g/mol. The second kappa shape index (κ2) is 9.34. The summed E-state index contributed by atoms with van der Waals surface area (Å²) in [6, 6.07) is 14.8. The Morgan fingerprint density at radius 2 is 1.93 bits per heavy atom. The highest BCUT2D eigenvalue weighted by Crippen LogP contribution is 2.34. The highest BCUT2D eigenvalue weighted by atomic mass is 35.5. The smallest absolute Gasteiger partial charge is 0.263 e. The number of nitrogens with one attached hydrogen (secondary N) is 2. The zero-order valence-corrected chi connectivity index (χ0v) is 16.6. The molecule has 0 radical (unpaired) electrons. The first-order valence-corrected chi connectivity index (χ1v) is 9.78. The van der Waals surface area contributed by atoms with Crippen LogP contribution in [0.15, 0.2) is 53.6 Å². The Hall–Kier alpha value is -2.90. The quantitative estimate of drug-likeness (QED) is 0.454. The second-order valence-corrected chi connectivity index (χ2v) is 7.15. The maximum Gasteiger partial charge on any atom is 0.263 e. The molecule has 3 rings (SSSR count). The SMILES string of the molecule is CCOc1ccc(/C=N\NC(=O)CNC(=O)c2sc3ccccc3c2Cl)cc1. The Labute approximate surface area is 171 Å². The molecule has 2 amide bonds. The number of benzene rings is 2. The Morgan fingerprint density at radius 3 is 2.64 bits per heavy atom. The molecule has 8 heteroatoms. The standard InChI is InChI=1S/C20H18ClN3O3S/c1-2-27-14-9-7-13(8-10-14)11-23-24-17(25)12-22-20(26)19-18(21)15-5-3-4-6-16(15)28-19/h3-11H,2,12H2,1H3,(H,22,26)(H,24,25)/b23-11-. The van der Waals surface area contributed by atoms with Crippen LogP contribution in [0.2, 0.25) is 5.02 Å². The van der Waals surface area contributed by atoms with Crippen LogP contribution in [0.3, 0.4) is 0 Å². The van der Waals surface area contributed by atoms with Gasteiger partial charge >= 0.3 is 0 Å². The molecule has 0 bridgehead atoms. The van der Waals surface area contributed by atoms with Crippen LogP contribution in [-0.4, -0.2) is 31.2 Å². The summed E-state index contributed by atoms with van der Waals surface area (Å²) >= 11 is 7.55. The summed E-state index contributed by atoms with van der Waals surface area (Å²) in [5.74, 6) is -0.0593. The number of carbonyl (C=O) groups is 2. The molecule has 1 aromatic heterocycles. The number of thiophene rings is 1. The Balaban J connectivity index is 1.50. The van der Waals surface area contributed by atoms with E-state index in [1.807, 2.05) is 55.5 Å². The number of fused-ring (bicyclic) bond motifs is 1. The zero-order valence-electron chi connectivity index (χ0n) is 15.1. The van der Waals surface area contributed by atoms with Gasteiger partial charge in [-0.1, -0.05) is 29.8 Å². The van der Waals surface area contributed by atoms with Crippen molar-refractivity contribution in [2.24, 2.45) is 5.10 Å². The maximum absolute atomic E-state index is 12.3. The summed E-state index contributed by atoms with van der Waals surface area (Å²) in [6.07, 6.45) is 1.51. The van der Waals surface area contributed by atoms with E-state index >= 15 is 0 Å². The number of ether oxygens (including phenoxy) is 1. The third-order valence-corrected chi connectivity index (χ3v) is 5.42. The van der Waals surface area contributed by atoms with E-state index in [0.29, 0.717) is 16.5 Å². The number of nitrogens with zero attached hydrogens (tertiary/aromatic N) is 1. The molecule has 0 saturated heterocycles. The van der Waals surface area contributed by atoms with Crippen LogP contribution < -0.4 is 15.5 Å². The number of hydrogen-bond donors (Lipinski definition) is 2. The number of rotatable bonds is 7. The van der Waals surface area contributed by atoms with Gasteiger partial charge in [0, 0.05) is 10.1 Å². The highest BCUT2D eigenvalue weighted by Gasteiger charge is 2.17. The molecule has 28 heavy (non-hydrogen) atoms. The number of amides is 2. The van der Waals surface area contributed by atoms with Crippen molar-refractivity contribution in [3.8, 4) is 5.75 Å². The Morgan fingerprint density at radius 1 is 1.18 bits per heavy atom. The molecular formula is C20H18ClN3O3S. The van der Waals surface area contributed by atoms with E-state index in [0.717, 1.165) is 21.4 Å². The van der Waals surface area contributed by atoms with Crippen LogP contribution in [-0.2, 0) is 4.79 Å². The van der Waals surface area contributed by atoms with Gasteiger partial charge in [-0.15, -0.1) is 11.3 Å². The summed E-state index contributed by atoms with van der Waals surface area (Å²) < 4.78 is 6.28. The van der Waals surface area contributed by atoms with E-state index in [1.54, 1.807) is 0 Å². The molecule has 0 unspecified atom stereocenters. The minimum Gasteiger partial charge on any atom is -0.494 e. The summed E-state index contributed by atoms with van der Waals surface area (Å²) in [6.45, 7) is 2.31. The zero-order chi connectivity index (χ0) is 19.9. The van der Waals surface area contributed by atoms with E-state index in [1.165, 1.54) is 17.6 Å². The van der Waals surface area contributed by atoms with Crippen molar-refractivity contribution in [3.05, 3.63) is 64.0 Å². The molecular weight excluding hydrogens is 398 g/mol. The van der Waals surface area contributed by atoms with Gasteiger partial charge < -0.3 is 10.1 Å². The van der Waals surface area contributed by atoms with Crippen LogP contribution >= 0.6 is 22.9 Å². The van der Waals surface area contributed by atoms with Gasteiger partial charge in [-0.2, -0.15) is 5.10 Å². The molecule has 1 heterocycles. The third kappa shape index (κ3) is 4.88. The molecule has 0 saturated carbocycles. The van der Waals surface area contributed by atoms with Crippen molar-refractivity contribution >= 4 is 51.1 Å². The van der Waals surface area contributed by atoms with Gasteiger partial charge in [-0.25, -0.2) is 5.43 Å². The van der Waals surface area contributed by atoms with E-state index in [4.69, 9.17) is 16.3 Å². The van der Waals surface area contributed by atoms with Crippen LogP contribution in [0.25, 0.3) is 10.1 Å². The lowest BCUT2D eigenvalue weighted by Gasteiger charge is -2.03. The van der Waals surface area contributed by atoms with E-state index in [9.17, 15) is 9.59 Å². The Bertz CT molecular complexity index is 1020. The fraction of sp³-hybridized carbons (Fsp3) is 0.150. The molecule has 3 aromatic rings. The lowest BCUT2D eigenvalue weighted by molar-refractivity contribution is -0.120. The molecule has 2 N–H and O–H groups in total. The predicted octanol–water partition coefficient (Wildman–Crippen LogP) is 3.83. The largest absolute Gasteiger partial charge is 0.494 e. The van der Waals surface area contributed by atoms with Crippen LogP contribution in [0.5, 0.6) is 5.75 Å². The van der Waals surface area contributed by atoms with Gasteiger partial charge in [-0.05, 0) is 42.8 Å². The van der Waals surface area contributed by atoms with Crippen LogP contribution in [0, 0.1) is 0 Å². The van der Waals surface area contributed by atoms with Crippen LogP contribution in [0.1, 0.15) is 22.2 Å². The van der Waals surface area contributed by atoms with Crippen molar-refractivity contribution in [1.82, 2.24) is 10.7 Å². The summed E-state index contributed by atoms with van der Waals surface area (Å²) in [4.78, 5) is 24.6. The molecule has 0 atom stereocenters. The molecule has 0 aliphatic rings. The summed E-state index contributed by atoms with van der Waals surface area (Å²) in [5, 5.41) is 7.65. The molecule has 144 valence electrons. The lowest BCUT2D eigenvalue weighted by atomic mass is 10.2. The first-order valence-electron chi connectivity index (χ1n) is 8.58. The molecule has 0 spiro atoms. The Kier molecular flexibility index (Phi) is 6.62. The van der Waals surface area contributed by atoms with Crippen molar-refractivity contribution in [2.45, 2.75) is 6.92 Å². The van der Waals surface area contributed by atoms with E-state index < -0.39 is 11.8 Å². The van der Waals surface area contributed by atoms with Crippen molar-refractivity contribution in [2.75, 3.05) is 13.2 Å². The monoisotopic (exact) mass is 415 g/mol. The minimum atomic E-state index is -0.437. The second-order valence-electron chi connectivity index (χ2n) is 5.72. The predicted molar refractivity (Wildman–Crippen MR) is 113 cm³/mol. The van der Waals surface area contributed by atoms with Crippen molar-refractivity contribution < 1.29 is 14.3 Å². The molecule has 0 aliphatic carbocycles. The van der Waals surface area contributed by atoms with Gasteiger partial charge in [0.15, 0.2) is 0 Å². The van der Waals surface area contributed by atoms with Gasteiger partial charge in [0.05, 0.1) is 24.4 Å². The van der Waals surface area contributed by atoms with Gasteiger partial charge in [-0.3, -0.25) is 9.59 Å². The fourth-order valence-corrected chi connectivity index (χ4v) is 3.87. The molecule has 2 aromatic carbocycles. The molecule has 0 fully saturated rings. The molecule has 6 nitrogen and oxygen atoms in total. The van der Waals surface area contributed by atoms with E-state index in [2.05, 4.69) is 15.8 Å². The summed E-state index contributed by atoms with van der Waals surface area (Å²) in [7, 11) is 0. The van der Waals surface area contributed by atoms with Gasteiger partial charge in [0.2, 0.25) is 0 Å². The van der Waals surface area contributed by atoms with Crippen LogP contribution in [0.4, 0.5) is 0 Å².